The zero-order chi connectivity index (χ0) is 15.9. The third-order valence-electron chi connectivity index (χ3n) is 4.16. The Labute approximate surface area is 132 Å². The number of nitrogens with zero attached hydrogens (tertiary/aromatic N) is 1. The minimum Gasteiger partial charge on any atom is -0.379 e. The number of carbonyl (C=O) groups is 1. The van der Waals surface area contributed by atoms with Gasteiger partial charge in [-0.15, -0.1) is 0 Å². The average Bonchev–Trinajstić information content (AvgIpc) is 2.55. The summed E-state index contributed by atoms with van der Waals surface area (Å²) in [6.07, 6.45) is 0. The van der Waals surface area contributed by atoms with Crippen molar-refractivity contribution >= 4 is 5.91 Å². The molecule has 1 aliphatic rings. The monoisotopic (exact) mass is 305 g/mol. The summed E-state index contributed by atoms with van der Waals surface area (Å²) in [5.74, 6) is -0.244. The summed E-state index contributed by atoms with van der Waals surface area (Å²) in [5.41, 5.74) is 7.20. The largest absolute Gasteiger partial charge is 0.379 e. The van der Waals surface area contributed by atoms with Gasteiger partial charge in [0.05, 0.1) is 19.1 Å². The summed E-state index contributed by atoms with van der Waals surface area (Å²) in [6, 6.07) is 9.59. The molecule has 0 saturated carbocycles. The summed E-state index contributed by atoms with van der Waals surface area (Å²) >= 11 is 0. The fraction of sp³-hybridized carbons (Fsp3) is 0.588. The van der Waals surface area contributed by atoms with E-state index in [1.807, 2.05) is 44.2 Å². The number of nitrogens with one attached hydrogen (secondary N) is 1. The quantitative estimate of drug-likeness (QED) is 0.827. The maximum atomic E-state index is 12.4. The Bertz CT molecular complexity index is 460. The van der Waals surface area contributed by atoms with E-state index in [4.69, 9.17) is 10.5 Å². The first-order chi connectivity index (χ1) is 10.6. The number of rotatable bonds is 6. The van der Waals surface area contributed by atoms with Gasteiger partial charge in [0.1, 0.15) is 0 Å². The normalized spacial score (nSPS) is 20.1. The lowest BCUT2D eigenvalue weighted by Gasteiger charge is -2.30. The fourth-order valence-electron chi connectivity index (χ4n) is 2.72. The highest BCUT2D eigenvalue weighted by atomic mass is 16.5. The van der Waals surface area contributed by atoms with E-state index in [0.717, 1.165) is 38.4 Å². The van der Waals surface area contributed by atoms with Crippen LogP contribution in [-0.2, 0) is 9.53 Å². The Morgan fingerprint density at radius 1 is 1.27 bits per heavy atom. The topological polar surface area (TPSA) is 67.6 Å². The number of hydrogen-bond donors (Lipinski definition) is 2. The van der Waals surface area contributed by atoms with E-state index in [9.17, 15) is 4.79 Å². The van der Waals surface area contributed by atoms with Gasteiger partial charge in [-0.25, -0.2) is 0 Å². The molecule has 1 fully saturated rings. The van der Waals surface area contributed by atoms with Crippen molar-refractivity contribution in [1.29, 1.82) is 0 Å². The Morgan fingerprint density at radius 2 is 1.91 bits per heavy atom. The highest BCUT2D eigenvalue weighted by Gasteiger charge is 2.24. The lowest BCUT2D eigenvalue weighted by Crippen LogP contribution is -2.48. The van der Waals surface area contributed by atoms with Crippen LogP contribution in [0.4, 0.5) is 0 Å². The van der Waals surface area contributed by atoms with Gasteiger partial charge in [-0.2, -0.15) is 0 Å². The van der Waals surface area contributed by atoms with Crippen molar-refractivity contribution in [1.82, 2.24) is 10.2 Å². The molecule has 0 spiro atoms. The average molecular weight is 305 g/mol. The van der Waals surface area contributed by atoms with E-state index in [1.54, 1.807) is 0 Å². The molecule has 3 N–H and O–H groups in total. The molecule has 22 heavy (non-hydrogen) atoms. The predicted octanol–water partition coefficient (Wildman–Crippen LogP) is 1.16. The molecule has 0 radical (unpaired) electrons. The van der Waals surface area contributed by atoms with Gasteiger partial charge in [0.15, 0.2) is 0 Å². The first-order valence-corrected chi connectivity index (χ1v) is 7.99. The molecule has 3 atom stereocenters. The molecule has 1 aromatic carbocycles. The molecular formula is C17H27N3O2. The molecule has 1 aliphatic heterocycles. The standard InChI is InChI=1S/C17H27N3O2/c1-13(12-20-8-10-22-11-9-20)19-17(21)14(2)16(18)15-6-4-3-5-7-15/h3-7,13-14,16H,8-12,18H2,1-2H3,(H,19,21). The van der Waals surface area contributed by atoms with E-state index in [-0.39, 0.29) is 23.9 Å². The Balaban J connectivity index is 1.82. The molecule has 0 aliphatic carbocycles. The van der Waals surface area contributed by atoms with Crippen LogP contribution in [0.3, 0.4) is 0 Å². The third kappa shape index (κ3) is 4.80. The molecule has 1 saturated heterocycles. The highest BCUT2D eigenvalue weighted by molar-refractivity contribution is 5.79. The van der Waals surface area contributed by atoms with Gasteiger partial charge in [-0.1, -0.05) is 37.3 Å². The number of carbonyl (C=O) groups excluding carboxylic acids is 1. The van der Waals surface area contributed by atoms with E-state index in [0.29, 0.717) is 0 Å². The van der Waals surface area contributed by atoms with Crippen LogP contribution >= 0.6 is 0 Å². The lowest BCUT2D eigenvalue weighted by molar-refractivity contribution is -0.125. The van der Waals surface area contributed by atoms with Gasteiger partial charge in [-0.3, -0.25) is 9.69 Å². The molecule has 5 heteroatoms. The van der Waals surface area contributed by atoms with Crippen molar-refractivity contribution in [2.75, 3.05) is 32.8 Å². The van der Waals surface area contributed by atoms with E-state index < -0.39 is 0 Å². The predicted molar refractivity (Wildman–Crippen MR) is 87.4 cm³/mol. The summed E-state index contributed by atoms with van der Waals surface area (Å²) in [7, 11) is 0. The molecule has 0 aromatic heterocycles. The zero-order valence-electron chi connectivity index (χ0n) is 13.5. The second-order valence-electron chi connectivity index (χ2n) is 6.05. The molecule has 2 rings (SSSR count). The van der Waals surface area contributed by atoms with E-state index >= 15 is 0 Å². The summed E-state index contributed by atoms with van der Waals surface area (Å²) in [4.78, 5) is 14.7. The Morgan fingerprint density at radius 3 is 2.55 bits per heavy atom. The molecule has 122 valence electrons. The van der Waals surface area contributed by atoms with Crippen molar-refractivity contribution in [2.24, 2.45) is 11.7 Å². The van der Waals surface area contributed by atoms with Gasteiger partial charge in [0.25, 0.3) is 0 Å². The highest BCUT2D eigenvalue weighted by Crippen LogP contribution is 2.19. The van der Waals surface area contributed by atoms with Crippen LogP contribution in [0, 0.1) is 5.92 Å². The van der Waals surface area contributed by atoms with Gasteiger partial charge >= 0.3 is 0 Å². The maximum Gasteiger partial charge on any atom is 0.224 e. The van der Waals surface area contributed by atoms with Crippen molar-refractivity contribution in [3.05, 3.63) is 35.9 Å². The number of hydrogen-bond acceptors (Lipinski definition) is 4. The number of ether oxygens (including phenoxy) is 1. The third-order valence-corrected chi connectivity index (χ3v) is 4.16. The fourth-order valence-corrected chi connectivity index (χ4v) is 2.72. The molecule has 3 unspecified atom stereocenters. The van der Waals surface area contributed by atoms with Gasteiger partial charge in [-0.05, 0) is 12.5 Å². The molecular weight excluding hydrogens is 278 g/mol. The van der Waals surface area contributed by atoms with Crippen LogP contribution in [-0.4, -0.2) is 49.7 Å². The smallest absolute Gasteiger partial charge is 0.224 e. The SMILES string of the molecule is CC(CN1CCOCC1)NC(=O)C(C)C(N)c1ccccc1. The van der Waals surface area contributed by atoms with Crippen LogP contribution in [0.5, 0.6) is 0 Å². The number of amides is 1. The molecule has 0 bridgehead atoms. The van der Waals surface area contributed by atoms with Gasteiger partial charge < -0.3 is 15.8 Å². The van der Waals surface area contributed by atoms with Crippen molar-refractivity contribution in [2.45, 2.75) is 25.9 Å². The second kappa shape index (κ2) is 8.27. The van der Waals surface area contributed by atoms with Crippen LogP contribution in [0.25, 0.3) is 0 Å². The van der Waals surface area contributed by atoms with E-state index in [2.05, 4.69) is 10.2 Å². The summed E-state index contributed by atoms with van der Waals surface area (Å²) in [5, 5.41) is 3.08. The van der Waals surface area contributed by atoms with Crippen molar-refractivity contribution in [3.63, 3.8) is 0 Å². The number of nitrogens with two attached hydrogens (primary N) is 1. The maximum absolute atomic E-state index is 12.4. The molecule has 1 heterocycles. The molecule has 1 amide bonds. The zero-order valence-corrected chi connectivity index (χ0v) is 13.5. The first kappa shape index (κ1) is 16.9. The first-order valence-electron chi connectivity index (χ1n) is 7.99. The van der Waals surface area contributed by atoms with Crippen molar-refractivity contribution in [3.8, 4) is 0 Å². The lowest BCUT2D eigenvalue weighted by atomic mass is 9.94. The van der Waals surface area contributed by atoms with Crippen molar-refractivity contribution < 1.29 is 9.53 Å². The number of morpholine rings is 1. The van der Waals surface area contributed by atoms with E-state index in [1.165, 1.54) is 0 Å². The number of benzene rings is 1. The minimum atomic E-state index is -0.281. The van der Waals surface area contributed by atoms with Gasteiger partial charge in [0, 0.05) is 31.7 Å². The molecule has 5 nitrogen and oxygen atoms in total. The van der Waals surface area contributed by atoms with Crippen LogP contribution < -0.4 is 11.1 Å². The molecule has 1 aromatic rings. The minimum absolute atomic E-state index is 0.0112. The Hall–Kier alpha value is -1.43. The van der Waals surface area contributed by atoms with Gasteiger partial charge in [0.2, 0.25) is 5.91 Å². The summed E-state index contributed by atoms with van der Waals surface area (Å²) in [6.45, 7) is 8.18. The summed E-state index contributed by atoms with van der Waals surface area (Å²) < 4.78 is 5.34. The van der Waals surface area contributed by atoms with Crippen LogP contribution in [0.2, 0.25) is 0 Å². The van der Waals surface area contributed by atoms with Crippen LogP contribution in [0.1, 0.15) is 25.5 Å². The van der Waals surface area contributed by atoms with Crippen LogP contribution in [0.15, 0.2) is 30.3 Å². The Kier molecular flexibility index (Phi) is 6.36. The second-order valence-corrected chi connectivity index (χ2v) is 6.05.